The maximum atomic E-state index is 10.6. The standard InChI is InChI=1S/C8H7N3O2S/c12-8(13)7-1-6(3-14-7)2-11-5-9-4-10-11/h1,3-5H,2H2,(H,12,13). The molecule has 6 heteroatoms. The lowest BCUT2D eigenvalue weighted by Crippen LogP contribution is -1.98. The van der Waals surface area contributed by atoms with Gasteiger partial charge in [0.15, 0.2) is 0 Å². The summed E-state index contributed by atoms with van der Waals surface area (Å²) in [4.78, 5) is 14.7. The van der Waals surface area contributed by atoms with Crippen molar-refractivity contribution in [2.45, 2.75) is 6.54 Å². The normalized spacial score (nSPS) is 10.3. The van der Waals surface area contributed by atoms with Crippen LogP contribution in [0.4, 0.5) is 0 Å². The molecule has 1 N–H and O–H groups in total. The number of rotatable bonds is 3. The third-order valence-electron chi connectivity index (χ3n) is 1.68. The van der Waals surface area contributed by atoms with Gasteiger partial charge in [-0.25, -0.2) is 14.5 Å². The molecule has 14 heavy (non-hydrogen) atoms. The zero-order valence-corrected chi connectivity index (χ0v) is 7.94. The molecule has 0 aromatic carbocycles. The molecule has 72 valence electrons. The lowest BCUT2D eigenvalue weighted by molar-refractivity contribution is 0.0702. The molecule has 2 aromatic heterocycles. The molecular formula is C8H7N3O2S. The fraction of sp³-hybridized carbons (Fsp3) is 0.125. The maximum absolute atomic E-state index is 10.6. The first kappa shape index (κ1) is 8.89. The predicted molar refractivity (Wildman–Crippen MR) is 50.4 cm³/mol. The van der Waals surface area contributed by atoms with Crippen LogP contribution in [0.15, 0.2) is 24.1 Å². The van der Waals surface area contributed by atoms with Crippen LogP contribution in [-0.2, 0) is 6.54 Å². The molecule has 2 rings (SSSR count). The first-order valence-electron chi connectivity index (χ1n) is 3.89. The van der Waals surface area contributed by atoms with Crippen molar-refractivity contribution in [1.29, 1.82) is 0 Å². The van der Waals surface area contributed by atoms with Crippen LogP contribution in [0.3, 0.4) is 0 Å². The van der Waals surface area contributed by atoms with Gasteiger partial charge in [-0.15, -0.1) is 11.3 Å². The average Bonchev–Trinajstić information content (AvgIpc) is 2.75. The number of carboxylic acid groups (broad SMARTS) is 1. The fourth-order valence-electron chi connectivity index (χ4n) is 1.07. The molecule has 0 fully saturated rings. The zero-order valence-electron chi connectivity index (χ0n) is 7.12. The largest absolute Gasteiger partial charge is 0.477 e. The Morgan fingerprint density at radius 2 is 2.50 bits per heavy atom. The first-order valence-corrected chi connectivity index (χ1v) is 4.77. The Balaban J connectivity index is 2.14. The Morgan fingerprint density at radius 3 is 3.07 bits per heavy atom. The number of aromatic carboxylic acids is 1. The summed E-state index contributed by atoms with van der Waals surface area (Å²) in [7, 11) is 0. The van der Waals surface area contributed by atoms with E-state index in [0.717, 1.165) is 5.56 Å². The minimum absolute atomic E-state index is 0.347. The molecule has 2 heterocycles. The highest BCUT2D eigenvalue weighted by Crippen LogP contribution is 2.15. The van der Waals surface area contributed by atoms with Crippen LogP contribution in [0.2, 0.25) is 0 Å². The van der Waals surface area contributed by atoms with Crippen LogP contribution >= 0.6 is 11.3 Å². The van der Waals surface area contributed by atoms with Crippen molar-refractivity contribution in [1.82, 2.24) is 14.8 Å². The SMILES string of the molecule is O=C(O)c1cc(Cn2cncn2)cs1. The van der Waals surface area contributed by atoms with E-state index in [-0.39, 0.29) is 0 Å². The number of hydrogen-bond donors (Lipinski definition) is 1. The van der Waals surface area contributed by atoms with E-state index in [1.807, 2.05) is 5.38 Å². The van der Waals surface area contributed by atoms with E-state index in [2.05, 4.69) is 10.1 Å². The van der Waals surface area contributed by atoms with Gasteiger partial charge in [-0.2, -0.15) is 5.10 Å². The van der Waals surface area contributed by atoms with Crippen LogP contribution in [0, 0.1) is 0 Å². The summed E-state index contributed by atoms with van der Waals surface area (Å²) in [5, 5.41) is 14.4. The van der Waals surface area contributed by atoms with Crippen LogP contribution in [0.1, 0.15) is 15.2 Å². The van der Waals surface area contributed by atoms with Crippen molar-refractivity contribution in [3.05, 3.63) is 34.5 Å². The number of thiophene rings is 1. The minimum Gasteiger partial charge on any atom is -0.477 e. The summed E-state index contributed by atoms with van der Waals surface area (Å²) >= 11 is 1.22. The third-order valence-corrected chi connectivity index (χ3v) is 2.64. The molecule has 0 aliphatic carbocycles. The van der Waals surface area contributed by atoms with Gasteiger partial charge in [0.25, 0.3) is 0 Å². The maximum Gasteiger partial charge on any atom is 0.345 e. The molecule has 0 saturated carbocycles. The topological polar surface area (TPSA) is 68.0 Å². The molecule has 5 nitrogen and oxygen atoms in total. The van der Waals surface area contributed by atoms with E-state index in [9.17, 15) is 4.79 Å². The van der Waals surface area contributed by atoms with Crippen molar-refractivity contribution in [3.63, 3.8) is 0 Å². The van der Waals surface area contributed by atoms with Crippen molar-refractivity contribution >= 4 is 17.3 Å². The second-order valence-electron chi connectivity index (χ2n) is 2.72. The van der Waals surface area contributed by atoms with E-state index in [4.69, 9.17) is 5.11 Å². The van der Waals surface area contributed by atoms with E-state index in [1.165, 1.54) is 17.7 Å². The Hall–Kier alpha value is -1.69. The lowest BCUT2D eigenvalue weighted by atomic mass is 10.3. The first-order chi connectivity index (χ1) is 6.75. The van der Waals surface area contributed by atoms with Crippen LogP contribution in [0.25, 0.3) is 0 Å². The summed E-state index contributed by atoms with van der Waals surface area (Å²) in [6.45, 7) is 0.559. The molecule has 2 aromatic rings. The van der Waals surface area contributed by atoms with Gasteiger partial charge in [-0.3, -0.25) is 0 Å². The highest BCUT2D eigenvalue weighted by atomic mass is 32.1. The smallest absolute Gasteiger partial charge is 0.345 e. The zero-order chi connectivity index (χ0) is 9.97. The summed E-state index contributed by atoms with van der Waals surface area (Å²) in [5.41, 5.74) is 0.929. The van der Waals surface area contributed by atoms with Gasteiger partial charge in [0.2, 0.25) is 0 Å². The molecule has 0 radical (unpaired) electrons. The predicted octanol–water partition coefficient (Wildman–Crippen LogP) is 1.09. The fourth-order valence-corrected chi connectivity index (χ4v) is 1.81. The number of hydrogen-bond acceptors (Lipinski definition) is 4. The number of aromatic nitrogens is 3. The van der Waals surface area contributed by atoms with Crippen molar-refractivity contribution in [2.75, 3.05) is 0 Å². The van der Waals surface area contributed by atoms with Gasteiger partial charge in [0, 0.05) is 0 Å². The minimum atomic E-state index is -0.889. The average molecular weight is 209 g/mol. The Bertz CT molecular complexity index is 435. The molecule has 0 unspecified atom stereocenters. The number of carbonyl (C=O) groups is 1. The van der Waals surface area contributed by atoms with E-state index in [1.54, 1.807) is 17.1 Å². The molecule has 0 aliphatic heterocycles. The lowest BCUT2D eigenvalue weighted by Gasteiger charge is -1.94. The van der Waals surface area contributed by atoms with Crippen molar-refractivity contribution in [2.24, 2.45) is 0 Å². The number of carboxylic acids is 1. The third kappa shape index (κ3) is 1.80. The van der Waals surface area contributed by atoms with Gasteiger partial charge in [0.05, 0.1) is 6.54 Å². The van der Waals surface area contributed by atoms with Gasteiger partial charge in [-0.05, 0) is 17.0 Å². The highest BCUT2D eigenvalue weighted by molar-refractivity contribution is 7.12. The van der Waals surface area contributed by atoms with Gasteiger partial charge < -0.3 is 5.11 Å². The molecule has 0 atom stereocenters. The van der Waals surface area contributed by atoms with Crippen molar-refractivity contribution in [3.8, 4) is 0 Å². The summed E-state index contributed by atoms with van der Waals surface area (Å²) in [6, 6.07) is 1.65. The summed E-state index contributed by atoms with van der Waals surface area (Å²) in [5.74, 6) is -0.889. The monoisotopic (exact) mass is 209 g/mol. The van der Waals surface area contributed by atoms with Crippen LogP contribution < -0.4 is 0 Å². The second kappa shape index (κ2) is 3.59. The van der Waals surface area contributed by atoms with E-state index < -0.39 is 5.97 Å². The molecule has 0 aliphatic rings. The molecule has 0 saturated heterocycles. The highest BCUT2D eigenvalue weighted by Gasteiger charge is 2.06. The molecule has 0 amide bonds. The van der Waals surface area contributed by atoms with Crippen LogP contribution in [0.5, 0.6) is 0 Å². The van der Waals surface area contributed by atoms with Crippen molar-refractivity contribution < 1.29 is 9.90 Å². The summed E-state index contributed by atoms with van der Waals surface area (Å²) < 4.78 is 1.65. The Kier molecular flexibility index (Phi) is 2.28. The Morgan fingerprint density at radius 1 is 1.64 bits per heavy atom. The quantitative estimate of drug-likeness (QED) is 0.821. The Labute approximate surface area is 83.6 Å². The van der Waals surface area contributed by atoms with E-state index in [0.29, 0.717) is 11.4 Å². The molecule has 0 bridgehead atoms. The van der Waals surface area contributed by atoms with Gasteiger partial charge in [-0.1, -0.05) is 0 Å². The van der Waals surface area contributed by atoms with E-state index >= 15 is 0 Å². The number of nitrogens with zero attached hydrogens (tertiary/aromatic N) is 3. The summed E-state index contributed by atoms with van der Waals surface area (Å²) in [6.07, 6.45) is 3.04. The van der Waals surface area contributed by atoms with Gasteiger partial charge in [0.1, 0.15) is 17.5 Å². The molecular weight excluding hydrogens is 202 g/mol. The molecule has 0 spiro atoms. The van der Waals surface area contributed by atoms with Crippen LogP contribution in [-0.4, -0.2) is 25.8 Å². The van der Waals surface area contributed by atoms with Gasteiger partial charge >= 0.3 is 5.97 Å². The second-order valence-corrected chi connectivity index (χ2v) is 3.63.